The molecule has 0 aromatic heterocycles. The third-order valence-electron chi connectivity index (χ3n) is 2.97. The molecule has 22 heavy (non-hydrogen) atoms. The molecule has 0 aliphatic carbocycles. The van der Waals surface area contributed by atoms with Gasteiger partial charge in [-0.25, -0.2) is 0 Å². The number of alkyl halides is 1. The topological polar surface area (TPSA) is 38.3 Å². The number of hydrogen-bond acceptors (Lipinski definition) is 2. The van der Waals surface area contributed by atoms with Gasteiger partial charge in [0.1, 0.15) is 5.75 Å². The van der Waals surface area contributed by atoms with Crippen molar-refractivity contribution >= 4 is 34.8 Å². The van der Waals surface area contributed by atoms with Gasteiger partial charge in [0.25, 0.3) is 0 Å². The zero-order valence-electron chi connectivity index (χ0n) is 12.0. The van der Waals surface area contributed by atoms with E-state index < -0.39 is 0 Å². The molecular weight excluding hydrogens is 321 g/mol. The average molecular weight is 338 g/mol. The fraction of sp³-hybridized carbons (Fsp3) is 0.235. The molecule has 2 rings (SSSR count). The summed E-state index contributed by atoms with van der Waals surface area (Å²) in [5, 5.41) is 3.38. The van der Waals surface area contributed by atoms with Crippen LogP contribution in [0.3, 0.4) is 0 Å². The molecule has 0 spiro atoms. The van der Waals surface area contributed by atoms with E-state index in [0.29, 0.717) is 34.5 Å². The molecule has 0 heterocycles. The van der Waals surface area contributed by atoms with Crippen LogP contribution in [0.4, 0.5) is 5.69 Å². The van der Waals surface area contributed by atoms with Crippen molar-refractivity contribution in [1.29, 1.82) is 0 Å². The number of halogens is 2. The molecule has 0 aliphatic rings. The summed E-state index contributed by atoms with van der Waals surface area (Å²) in [4.78, 5) is 12.0. The highest BCUT2D eigenvalue weighted by atomic mass is 35.5. The van der Waals surface area contributed by atoms with E-state index >= 15 is 0 Å². The maximum atomic E-state index is 12.0. The van der Waals surface area contributed by atoms with Gasteiger partial charge < -0.3 is 10.1 Å². The zero-order chi connectivity index (χ0) is 15.8. The number of para-hydroxylation sites is 1. The molecule has 0 aliphatic heterocycles. The highest BCUT2D eigenvalue weighted by Crippen LogP contribution is 2.32. The molecule has 2 aromatic rings. The molecule has 2 aromatic carbocycles. The maximum absolute atomic E-state index is 12.0. The van der Waals surface area contributed by atoms with E-state index in [4.69, 9.17) is 27.9 Å². The molecule has 0 radical (unpaired) electrons. The van der Waals surface area contributed by atoms with Crippen molar-refractivity contribution in [1.82, 2.24) is 0 Å². The Hall–Kier alpha value is -1.71. The number of amides is 1. The second-order valence-corrected chi connectivity index (χ2v) is 5.56. The lowest BCUT2D eigenvalue weighted by atomic mass is 10.2. The van der Waals surface area contributed by atoms with Gasteiger partial charge in [-0.1, -0.05) is 29.8 Å². The SMILES string of the molecule is O=C(CCCCCl)Nc1cc(Cl)ccc1Oc1ccccc1. The van der Waals surface area contributed by atoms with Crippen molar-refractivity contribution in [2.24, 2.45) is 0 Å². The average Bonchev–Trinajstić information content (AvgIpc) is 2.51. The zero-order valence-corrected chi connectivity index (χ0v) is 13.5. The van der Waals surface area contributed by atoms with Gasteiger partial charge >= 0.3 is 0 Å². The second-order valence-electron chi connectivity index (χ2n) is 4.75. The first-order valence-electron chi connectivity index (χ1n) is 7.07. The fourth-order valence-corrected chi connectivity index (χ4v) is 2.26. The number of nitrogens with one attached hydrogen (secondary N) is 1. The Morgan fingerprint density at radius 3 is 2.59 bits per heavy atom. The van der Waals surface area contributed by atoms with Crippen LogP contribution in [0.1, 0.15) is 19.3 Å². The van der Waals surface area contributed by atoms with Crippen molar-refractivity contribution in [3.05, 3.63) is 53.6 Å². The van der Waals surface area contributed by atoms with Crippen molar-refractivity contribution in [2.75, 3.05) is 11.2 Å². The standard InChI is InChI=1S/C17H17Cl2NO2/c18-11-5-4-8-17(21)20-15-12-13(19)9-10-16(15)22-14-6-2-1-3-7-14/h1-3,6-7,9-10,12H,4-5,8,11H2,(H,20,21). The van der Waals surface area contributed by atoms with Crippen LogP contribution in [0.5, 0.6) is 11.5 Å². The van der Waals surface area contributed by atoms with Crippen LogP contribution >= 0.6 is 23.2 Å². The molecule has 5 heteroatoms. The number of ether oxygens (including phenoxy) is 1. The van der Waals surface area contributed by atoms with Gasteiger partial charge in [0, 0.05) is 17.3 Å². The lowest BCUT2D eigenvalue weighted by molar-refractivity contribution is -0.116. The number of benzene rings is 2. The Labute approximate surface area is 140 Å². The summed E-state index contributed by atoms with van der Waals surface area (Å²) in [5.74, 6) is 1.74. The highest BCUT2D eigenvalue weighted by molar-refractivity contribution is 6.31. The summed E-state index contributed by atoms with van der Waals surface area (Å²) in [6, 6.07) is 14.5. The minimum absolute atomic E-state index is 0.0784. The van der Waals surface area contributed by atoms with E-state index in [1.807, 2.05) is 30.3 Å². The summed E-state index contributed by atoms with van der Waals surface area (Å²) in [6.07, 6.45) is 1.99. The van der Waals surface area contributed by atoms with E-state index in [9.17, 15) is 4.79 Å². The normalized spacial score (nSPS) is 10.3. The summed E-state index contributed by atoms with van der Waals surface area (Å²) in [7, 11) is 0. The molecule has 1 amide bonds. The van der Waals surface area contributed by atoms with Gasteiger partial charge in [0.2, 0.25) is 5.91 Å². The lowest BCUT2D eigenvalue weighted by Crippen LogP contribution is -2.12. The van der Waals surface area contributed by atoms with Crippen LogP contribution in [0, 0.1) is 0 Å². The minimum atomic E-state index is -0.0784. The smallest absolute Gasteiger partial charge is 0.224 e. The second kappa shape index (κ2) is 8.66. The Bertz CT molecular complexity index is 617. The third kappa shape index (κ3) is 5.24. The minimum Gasteiger partial charge on any atom is -0.455 e. The number of carbonyl (C=O) groups is 1. The van der Waals surface area contributed by atoms with E-state index in [-0.39, 0.29) is 5.91 Å². The number of rotatable bonds is 7. The molecule has 0 saturated heterocycles. The monoisotopic (exact) mass is 337 g/mol. The van der Waals surface area contributed by atoms with Gasteiger partial charge in [0.15, 0.2) is 5.75 Å². The molecule has 0 unspecified atom stereocenters. The molecular formula is C17H17Cl2NO2. The molecule has 3 nitrogen and oxygen atoms in total. The van der Waals surface area contributed by atoms with Gasteiger partial charge in [0.05, 0.1) is 5.69 Å². The molecule has 116 valence electrons. The van der Waals surface area contributed by atoms with Gasteiger partial charge in [-0.3, -0.25) is 4.79 Å². The summed E-state index contributed by atoms with van der Waals surface area (Å²) < 4.78 is 5.80. The van der Waals surface area contributed by atoms with Crippen LogP contribution in [-0.2, 0) is 4.79 Å². The Morgan fingerprint density at radius 1 is 1.09 bits per heavy atom. The molecule has 0 atom stereocenters. The summed E-state index contributed by atoms with van der Waals surface area (Å²) in [5.41, 5.74) is 0.562. The van der Waals surface area contributed by atoms with E-state index in [0.717, 1.165) is 12.8 Å². The number of carbonyl (C=O) groups excluding carboxylic acids is 1. The van der Waals surface area contributed by atoms with Crippen LogP contribution in [0.15, 0.2) is 48.5 Å². The summed E-state index contributed by atoms with van der Waals surface area (Å²) >= 11 is 11.6. The maximum Gasteiger partial charge on any atom is 0.224 e. The van der Waals surface area contributed by atoms with Crippen LogP contribution in [-0.4, -0.2) is 11.8 Å². The largest absolute Gasteiger partial charge is 0.455 e. The third-order valence-corrected chi connectivity index (χ3v) is 3.48. The van der Waals surface area contributed by atoms with E-state index in [1.165, 1.54) is 0 Å². The van der Waals surface area contributed by atoms with Gasteiger partial charge in [-0.15, -0.1) is 11.6 Å². The lowest BCUT2D eigenvalue weighted by Gasteiger charge is -2.12. The van der Waals surface area contributed by atoms with Crippen molar-refractivity contribution in [2.45, 2.75) is 19.3 Å². The van der Waals surface area contributed by atoms with Crippen molar-refractivity contribution in [3.8, 4) is 11.5 Å². The molecule has 0 saturated carbocycles. The first kappa shape index (κ1) is 16.7. The summed E-state index contributed by atoms with van der Waals surface area (Å²) in [6.45, 7) is 0. The number of anilines is 1. The van der Waals surface area contributed by atoms with E-state index in [2.05, 4.69) is 5.32 Å². The van der Waals surface area contributed by atoms with E-state index in [1.54, 1.807) is 18.2 Å². The molecule has 1 N–H and O–H groups in total. The Balaban J connectivity index is 2.09. The number of hydrogen-bond donors (Lipinski definition) is 1. The van der Waals surface area contributed by atoms with Gasteiger partial charge in [-0.2, -0.15) is 0 Å². The predicted molar refractivity (Wildman–Crippen MR) is 91.2 cm³/mol. The molecule has 0 fully saturated rings. The molecule has 0 bridgehead atoms. The van der Waals surface area contributed by atoms with Gasteiger partial charge in [-0.05, 0) is 43.2 Å². The quantitative estimate of drug-likeness (QED) is 0.536. The van der Waals surface area contributed by atoms with Crippen molar-refractivity contribution in [3.63, 3.8) is 0 Å². The first-order chi connectivity index (χ1) is 10.7. The number of unbranched alkanes of at least 4 members (excludes halogenated alkanes) is 1. The highest BCUT2D eigenvalue weighted by Gasteiger charge is 2.09. The predicted octanol–water partition coefficient (Wildman–Crippen LogP) is 5.48. The van der Waals surface area contributed by atoms with Crippen LogP contribution in [0.2, 0.25) is 5.02 Å². The Kier molecular flexibility index (Phi) is 6.56. The van der Waals surface area contributed by atoms with Crippen LogP contribution < -0.4 is 10.1 Å². The van der Waals surface area contributed by atoms with Crippen molar-refractivity contribution < 1.29 is 9.53 Å². The van der Waals surface area contributed by atoms with Crippen LogP contribution in [0.25, 0.3) is 0 Å². The fourth-order valence-electron chi connectivity index (χ4n) is 1.90. The first-order valence-corrected chi connectivity index (χ1v) is 7.98. The Morgan fingerprint density at radius 2 is 1.86 bits per heavy atom.